The number of oxazole rings is 1. The van der Waals surface area contributed by atoms with Gasteiger partial charge >= 0.3 is 0 Å². The number of nitrogens with zero attached hydrogens (tertiary/aromatic N) is 2. The molecule has 1 aliphatic heterocycles. The molecule has 7 heteroatoms. The summed E-state index contributed by atoms with van der Waals surface area (Å²) in [6, 6.07) is 13.2. The van der Waals surface area contributed by atoms with E-state index in [1.165, 1.54) is 12.1 Å². The lowest BCUT2D eigenvalue weighted by Crippen LogP contribution is -2.19. The van der Waals surface area contributed by atoms with Gasteiger partial charge in [-0.3, -0.25) is 4.79 Å². The number of hydrogen-bond acceptors (Lipinski definition) is 4. The smallest absolute Gasteiger partial charge is 0.224 e. The maximum Gasteiger partial charge on any atom is 0.224 e. The summed E-state index contributed by atoms with van der Waals surface area (Å²) in [5.41, 5.74) is 2.71. The number of hydrogen-bond donors (Lipinski definition) is 1. The van der Waals surface area contributed by atoms with Crippen LogP contribution < -0.4 is 10.2 Å². The fourth-order valence-electron chi connectivity index (χ4n) is 3.61. The quantitative estimate of drug-likeness (QED) is 0.502. The monoisotopic (exact) mass is 443 g/mol. The molecule has 1 aliphatic rings. The predicted octanol–water partition coefficient (Wildman–Crippen LogP) is 6.07. The van der Waals surface area contributed by atoms with Crippen LogP contribution in [0.25, 0.3) is 11.3 Å². The SMILES string of the molecule is CC1CCN(c2ccc(NC(=O)CCc3ncc(-c4ccc(Cl)cc4Cl)o3)cc2)C1. The minimum absolute atomic E-state index is 0.0816. The Labute approximate surface area is 186 Å². The van der Waals surface area contributed by atoms with Crippen molar-refractivity contribution in [3.05, 3.63) is 64.6 Å². The van der Waals surface area contributed by atoms with Gasteiger partial charge in [0.1, 0.15) is 0 Å². The normalized spacial score (nSPS) is 16.1. The summed E-state index contributed by atoms with van der Waals surface area (Å²) in [5.74, 6) is 1.70. The number of aryl methyl sites for hydroxylation is 1. The number of carbonyl (C=O) groups is 1. The van der Waals surface area contributed by atoms with Gasteiger partial charge in [-0.05, 0) is 54.8 Å². The lowest BCUT2D eigenvalue weighted by atomic mass is 10.2. The third kappa shape index (κ3) is 4.97. The van der Waals surface area contributed by atoms with Gasteiger partial charge in [0.05, 0.1) is 11.2 Å². The minimum atomic E-state index is -0.0816. The van der Waals surface area contributed by atoms with Crippen molar-refractivity contribution in [1.82, 2.24) is 4.98 Å². The predicted molar refractivity (Wildman–Crippen MR) is 121 cm³/mol. The van der Waals surface area contributed by atoms with E-state index in [0.717, 1.165) is 30.3 Å². The average Bonchev–Trinajstić information content (AvgIpc) is 3.36. The molecule has 2 heterocycles. The second-order valence-electron chi connectivity index (χ2n) is 7.68. The summed E-state index contributed by atoms with van der Waals surface area (Å²) in [7, 11) is 0. The first kappa shape index (κ1) is 20.8. The Bertz CT molecular complexity index is 1030. The first-order valence-electron chi connectivity index (χ1n) is 10.0. The Hall–Kier alpha value is -2.50. The highest BCUT2D eigenvalue weighted by Crippen LogP contribution is 2.31. The van der Waals surface area contributed by atoms with E-state index in [0.29, 0.717) is 28.1 Å². The highest BCUT2D eigenvalue weighted by Gasteiger charge is 2.18. The van der Waals surface area contributed by atoms with Gasteiger partial charge in [0.25, 0.3) is 0 Å². The number of carbonyl (C=O) groups excluding carboxylic acids is 1. The molecule has 0 aliphatic carbocycles. The zero-order valence-corrected chi connectivity index (χ0v) is 18.2. The molecule has 1 atom stereocenters. The van der Waals surface area contributed by atoms with Gasteiger partial charge in [-0.2, -0.15) is 0 Å². The molecule has 156 valence electrons. The number of rotatable bonds is 6. The standard InChI is InChI=1S/C23H23Cl2N3O2/c1-15-10-11-28(14-15)18-5-3-17(4-6-18)27-22(29)8-9-23-26-13-21(30-23)19-7-2-16(24)12-20(19)25/h2-7,12-13,15H,8-11,14H2,1H3,(H,27,29). The Morgan fingerprint density at radius 1 is 1.23 bits per heavy atom. The first-order valence-corrected chi connectivity index (χ1v) is 10.8. The summed E-state index contributed by atoms with van der Waals surface area (Å²) in [5, 5.41) is 3.98. The first-order chi connectivity index (χ1) is 14.5. The fraction of sp³-hybridized carbons (Fsp3) is 0.304. The highest BCUT2D eigenvalue weighted by molar-refractivity contribution is 6.36. The molecule has 1 fully saturated rings. The van der Waals surface area contributed by atoms with Gasteiger partial charge in [-0.15, -0.1) is 0 Å². The molecule has 0 bridgehead atoms. The number of halogens is 2. The lowest BCUT2D eigenvalue weighted by molar-refractivity contribution is -0.116. The largest absolute Gasteiger partial charge is 0.441 e. The summed E-state index contributed by atoms with van der Waals surface area (Å²) < 4.78 is 5.75. The van der Waals surface area contributed by atoms with Crippen LogP contribution in [-0.4, -0.2) is 24.0 Å². The summed E-state index contributed by atoms with van der Waals surface area (Å²) >= 11 is 12.1. The van der Waals surface area contributed by atoms with Crippen molar-refractivity contribution in [2.45, 2.75) is 26.2 Å². The van der Waals surface area contributed by atoms with Crippen LogP contribution in [0, 0.1) is 5.92 Å². The molecule has 4 rings (SSSR count). The Balaban J connectivity index is 1.30. The molecule has 0 radical (unpaired) electrons. The zero-order chi connectivity index (χ0) is 21.1. The van der Waals surface area contributed by atoms with Crippen molar-refractivity contribution >= 4 is 40.5 Å². The van der Waals surface area contributed by atoms with Crippen molar-refractivity contribution in [2.24, 2.45) is 5.92 Å². The van der Waals surface area contributed by atoms with Gasteiger partial charge in [0, 0.05) is 47.9 Å². The minimum Gasteiger partial charge on any atom is -0.441 e. The van der Waals surface area contributed by atoms with Gasteiger partial charge < -0.3 is 14.6 Å². The maximum absolute atomic E-state index is 12.3. The van der Waals surface area contributed by atoms with Crippen molar-refractivity contribution in [3.63, 3.8) is 0 Å². The van der Waals surface area contributed by atoms with Crippen LogP contribution in [0.2, 0.25) is 10.0 Å². The van der Waals surface area contributed by atoms with Gasteiger partial charge in [0.2, 0.25) is 5.91 Å². The summed E-state index contributed by atoms with van der Waals surface area (Å²) in [6.45, 7) is 4.45. The molecule has 0 spiro atoms. The van der Waals surface area contributed by atoms with E-state index in [-0.39, 0.29) is 12.3 Å². The lowest BCUT2D eigenvalue weighted by Gasteiger charge is -2.18. The molecule has 2 aromatic carbocycles. The Kier molecular flexibility index (Phi) is 6.30. The van der Waals surface area contributed by atoms with Crippen LogP contribution in [-0.2, 0) is 11.2 Å². The van der Waals surface area contributed by atoms with Crippen LogP contribution in [0.1, 0.15) is 25.7 Å². The van der Waals surface area contributed by atoms with E-state index in [2.05, 4.69) is 34.3 Å². The van der Waals surface area contributed by atoms with Crippen molar-refractivity contribution in [1.29, 1.82) is 0 Å². The second kappa shape index (κ2) is 9.11. The molecule has 1 aromatic heterocycles. The number of benzene rings is 2. The third-order valence-electron chi connectivity index (χ3n) is 5.26. The molecular formula is C23H23Cl2N3O2. The average molecular weight is 444 g/mol. The fourth-order valence-corrected chi connectivity index (χ4v) is 4.11. The summed E-state index contributed by atoms with van der Waals surface area (Å²) in [4.78, 5) is 18.9. The van der Waals surface area contributed by atoms with Crippen LogP contribution in [0.4, 0.5) is 11.4 Å². The summed E-state index contributed by atoms with van der Waals surface area (Å²) in [6.07, 6.45) is 3.52. The van der Waals surface area contributed by atoms with Gasteiger partial charge in [-0.25, -0.2) is 4.98 Å². The van der Waals surface area contributed by atoms with Crippen molar-refractivity contribution in [3.8, 4) is 11.3 Å². The Morgan fingerprint density at radius 3 is 2.73 bits per heavy atom. The number of nitrogens with one attached hydrogen (secondary N) is 1. The van der Waals surface area contributed by atoms with E-state index in [1.807, 2.05) is 12.1 Å². The van der Waals surface area contributed by atoms with Gasteiger partial charge in [-0.1, -0.05) is 30.1 Å². The molecular weight excluding hydrogens is 421 g/mol. The molecule has 1 amide bonds. The molecule has 1 saturated heterocycles. The number of amides is 1. The van der Waals surface area contributed by atoms with Crippen LogP contribution in [0.5, 0.6) is 0 Å². The topological polar surface area (TPSA) is 58.4 Å². The molecule has 30 heavy (non-hydrogen) atoms. The van der Waals surface area contributed by atoms with E-state index in [1.54, 1.807) is 24.4 Å². The molecule has 1 N–H and O–H groups in total. The second-order valence-corrected chi connectivity index (χ2v) is 8.52. The van der Waals surface area contributed by atoms with Crippen LogP contribution in [0.15, 0.2) is 53.1 Å². The van der Waals surface area contributed by atoms with Crippen molar-refractivity contribution in [2.75, 3.05) is 23.3 Å². The maximum atomic E-state index is 12.3. The van der Waals surface area contributed by atoms with E-state index < -0.39 is 0 Å². The number of aromatic nitrogens is 1. The van der Waals surface area contributed by atoms with Gasteiger partial charge in [0.15, 0.2) is 11.7 Å². The van der Waals surface area contributed by atoms with Crippen molar-refractivity contribution < 1.29 is 9.21 Å². The van der Waals surface area contributed by atoms with Crippen LogP contribution in [0.3, 0.4) is 0 Å². The Morgan fingerprint density at radius 2 is 2.03 bits per heavy atom. The molecule has 1 unspecified atom stereocenters. The van der Waals surface area contributed by atoms with E-state index in [9.17, 15) is 4.79 Å². The number of anilines is 2. The van der Waals surface area contributed by atoms with Crippen LogP contribution >= 0.6 is 23.2 Å². The molecule has 5 nitrogen and oxygen atoms in total. The van der Waals surface area contributed by atoms with E-state index in [4.69, 9.17) is 27.6 Å². The molecule has 0 saturated carbocycles. The molecule has 3 aromatic rings. The third-order valence-corrected chi connectivity index (χ3v) is 5.80. The highest BCUT2D eigenvalue weighted by atomic mass is 35.5. The van der Waals surface area contributed by atoms with E-state index >= 15 is 0 Å². The zero-order valence-electron chi connectivity index (χ0n) is 16.7.